The van der Waals surface area contributed by atoms with E-state index in [-0.39, 0.29) is 6.10 Å². The Morgan fingerprint density at radius 1 is 1.27 bits per heavy atom. The first kappa shape index (κ1) is 19.1. The van der Waals surface area contributed by atoms with E-state index in [0.29, 0.717) is 19.8 Å². The fraction of sp³-hybridized carbons (Fsp3) is 0.524. The van der Waals surface area contributed by atoms with Crippen LogP contribution in [0.25, 0.3) is 0 Å². The molecule has 5 nitrogen and oxygen atoms in total. The number of aromatic nitrogens is 1. The van der Waals surface area contributed by atoms with Crippen molar-refractivity contribution in [2.45, 2.75) is 38.2 Å². The molecule has 5 heteroatoms. The van der Waals surface area contributed by atoms with Crippen LogP contribution in [0, 0.1) is 0 Å². The Morgan fingerprint density at radius 2 is 2.12 bits per heavy atom. The summed E-state index contributed by atoms with van der Waals surface area (Å²) in [7, 11) is 2.05. The van der Waals surface area contributed by atoms with Gasteiger partial charge in [-0.2, -0.15) is 0 Å². The van der Waals surface area contributed by atoms with Crippen molar-refractivity contribution in [3.8, 4) is 0 Å². The van der Waals surface area contributed by atoms with Crippen LogP contribution in [0.3, 0.4) is 0 Å². The van der Waals surface area contributed by atoms with Crippen molar-refractivity contribution in [3.05, 3.63) is 59.9 Å². The third-order valence-electron chi connectivity index (χ3n) is 4.81. The number of rotatable bonds is 10. The summed E-state index contributed by atoms with van der Waals surface area (Å²) in [5.74, 6) is 0. The van der Waals surface area contributed by atoms with E-state index in [9.17, 15) is 5.11 Å². The molecule has 2 aromatic rings. The lowest BCUT2D eigenvalue weighted by molar-refractivity contribution is -0.00328. The first-order valence-electron chi connectivity index (χ1n) is 9.44. The Balaban J connectivity index is 1.49. The topological polar surface area (TPSA) is 46.9 Å². The molecule has 0 radical (unpaired) electrons. The van der Waals surface area contributed by atoms with E-state index in [4.69, 9.17) is 9.47 Å². The molecule has 1 aliphatic rings. The van der Waals surface area contributed by atoms with Gasteiger partial charge < -0.3 is 19.1 Å². The van der Waals surface area contributed by atoms with Crippen LogP contribution in [0.4, 0.5) is 0 Å². The molecule has 0 amide bonds. The molecule has 0 bridgehead atoms. The Hall–Kier alpha value is -1.66. The zero-order valence-corrected chi connectivity index (χ0v) is 15.6. The van der Waals surface area contributed by atoms with Gasteiger partial charge in [-0.15, -0.1) is 0 Å². The summed E-state index contributed by atoms with van der Waals surface area (Å²) in [5, 5.41) is 10.5. The highest BCUT2D eigenvalue weighted by atomic mass is 16.5. The largest absolute Gasteiger partial charge is 0.389 e. The fourth-order valence-electron chi connectivity index (χ4n) is 3.41. The van der Waals surface area contributed by atoms with Gasteiger partial charge in [0, 0.05) is 45.2 Å². The summed E-state index contributed by atoms with van der Waals surface area (Å²) < 4.78 is 13.6. The molecule has 0 saturated carbocycles. The molecule has 2 atom stereocenters. The van der Waals surface area contributed by atoms with Crippen molar-refractivity contribution in [1.29, 1.82) is 0 Å². The minimum absolute atomic E-state index is 0.271. The maximum Gasteiger partial charge on any atom is 0.0900 e. The van der Waals surface area contributed by atoms with E-state index >= 15 is 0 Å². The molecule has 3 rings (SSSR count). The molecular formula is C21H30N2O3. The highest BCUT2D eigenvalue weighted by Crippen LogP contribution is 2.15. The lowest BCUT2D eigenvalue weighted by Crippen LogP contribution is -2.39. The van der Waals surface area contributed by atoms with Gasteiger partial charge >= 0.3 is 0 Å². The van der Waals surface area contributed by atoms with Gasteiger partial charge in [0.25, 0.3) is 0 Å². The molecule has 142 valence electrons. The average Bonchev–Trinajstić information content (AvgIpc) is 3.28. The molecule has 0 spiro atoms. The molecule has 0 aliphatic carbocycles. The number of nitrogens with zero attached hydrogens (tertiary/aromatic N) is 2. The smallest absolute Gasteiger partial charge is 0.0900 e. The van der Waals surface area contributed by atoms with Crippen molar-refractivity contribution < 1.29 is 14.6 Å². The third-order valence-corrected chi connectivity index (χ3v) is 4.81. The monoisotopic (exact) mass is 358 g/mol. The summed E-state index contributed by atoms with van der Waals surface area (Å²) in [6.07, 6.45) is 4.04. The molecule has 1 N–H and O–H groups in total. The zero-order valence-electron chi connectivity index (χ0n) is 15.6. The van der Waals surface area contributed by atoms with Crippen LogP contribution in [0.15, 0.2) is 48.7 Å². The second kappa shape index (κ2) is 9.88. The number of benzene rings is 1. The van der Waals surface area contributed by atoms with Gasteiger partial charge in [0.1, 0.15) is 0 Å². The second-order valence-electron chi connectivity index (χ2n) is 7.09. The average molecular weight is 358 g/mol. The van der Waals surface area contributed by atoms with Gasteiger partial charge in [0.05, 0.1) is 25.4 Å². The number of ether oxygens (including phenoxy) is 2. The van der Waals surface area contributed by atoms with Gasteiger partial charge in [-0.3, -0.25) is 4.90 Å². The summed E-state index contributed by atoms with van der Waals surface area (Å²) >= 11 is 0. The third kappa shape index (κ3) is 5.95. The predicted molar refractivity (Wildman–Crippen MR) is 102 cm³/mol. The van der Waals surface area contributed by atoms with E-state index in [1.165, 1.54) is 5.69 Å². The minimum atomic E-state index is -0.514. The van der Waals surface area contributed by atoms with Gasteiger partial charge in [-0.05, 0) is 30.5 Å². The SMILES string of the molecule is Cn1cccc1CN(CC(O)COCc1ccccc1)CC1CCCO1. The van der Waals surface area contributed by atoms with Crippen LogP contribution >= 0.6 is 0 Å². The highest BCUT2D eigenvalue weighted by Gasteiger charge is 2.21. The van der Waals surface area contributed by atoms with Crippen molar-refractivity contribution >= 4 is 0 Å². The van der Waals surface area contributed by atoms with Crippen LogP contribution < -0.4 is 0 Å². The number of aliphatic hydroxyl groups excluding tert-OH is 1. The maximum absolute atomic E-state index is 10.5. The Bertz CT molecular complexity index is 638. The van der Waals surface area contributed by atoms with Gasteiger partial charge in [0.2, 0.25) is 0 Å². The van der Waals surface area contributed by atoms with E-state index in [1.807, 2.05) is 30.3 Å². The van der Waals surface area contributed by atoms with Gasteiger partial charge in [-0.1, -0.05) is 30.3 Å². The Labute approximate surface area is 156 Å². The van der Waals surface area contributed by atoms with E-state index < -0.39 is 6.10 Å². The molecule has 26 heavy (non-hydrogen) atoms. The van der Waals surface area contributed by atoms with Crippen LogP contribution in [-0.4, -0.2) is 53.1 Å². The zero-order chi connectivity index (χ0) is 18.2. The fourth-order valence-corrected chi connectivity index (χ4v) is 3.41. The second-order valence-corrected chi connectivity index (χ2v) is 7.09. The molecule has 1 fully saturated rings. The Kier molecular flexibility index (Phi) is 7.26. The van der Waals surface area contributed by atoms with E-state index in [1.54, 1.807) is 0 Å². The summed E-state index contributed by atoms with van der Waals surface area (Å²) in [6.45, 7) is 3.96. The normalized spacial score (nSPS) is 18.5. The molecule has 1 saturated heterocycles. The van der Waals surface area contributed by atoms with Crippen molar-refractivity contribution in [2.75, 3.05) is 26.3 Å². The van der Waals surface area contributed by atoms with Gasteiger partial charge in [0.15, 0.2) is 0 Å². The molecule has 1 aliphatic heterocycles. The summed E-state index contributed by atoms with van der Waals surface area (Å²) in [5.41, 5.74) is 2.36. The Morgan fingerprint density at radius 3 is 2.81 bits per heavy atom. The van der Waals surface area contributed by atoms with Crippen LogP contribution in [0.1, 0.15) is 24.1 Å². The van der Waals surface area contributed by atoms with E-state index in [0.717, 1.165) is 38.1 Å². The minimum Gasteiger partial charge on any atom is -0.389 e. The molecule has 1 aromatic carbocycles. The van der Waals surface area contributed by atoms with Crippen molar-refractivity contribution in [1.82, 2.24) is 9.47 Å². The van der Waals surface area contributed by atoms with Crippen molar-refractivity contribution in [3.63, 3.8) is 0 Å². The first-order valence-corrected chi connectivity index (χ1v) is 9.44. The number of hydrogen-bond donors (Lipinski definition) is 1. The molecular weight excluding hydrogens is 328 g/mol. The highest BCUT2D eigenvalue weighted by molar-refractivity contribution is 5.13. The predicted octanol–water partition coefficient (Wildman–Crippen LogP) is 2.58. The number of aryl methyl sites for hydroxylation is 1. The molecule has 2 unspecified atom stereocenters. The number of hydrogen-bond acceptors (Lipinski definition) is 4. The lowest BCUT2D eigenvalue weighted by Gasteiger charge is -2.27. The first-order chi connectivity index (χ1) is 12.7. The van der Waals surface area contributed by atoms with Gasteiger partial charge in [-0.25, -0.2) is 0 Å². The van der Waals surface area contributed by atoms with Crippen LogP contribution in [-0.2, 0) is 29.7 Å². The van der Waals surface area contributed by atoms with Crippen molar-refractivity contribution in [2.24, 2.45) is 7.05 Å². The lowest BCUT2D eigenvalue weighted by atomic mass is 10.2. The summed E-state index contributed by atoms with van der Waals surface area (Å²) in [4.78, 5) is 2.28. The standard InChI is InChI=1S/C21H30N2O3/c1-22-11-5-9-19(22)13-23(15-21-10-6-12-26-21)14-20(24)17-25-16-18-7-3-2-4-8-18/h2-5,7-9,11,20-21,24H,6,10,12-17H2,1H3. The van der Waals surface area contributed by atoms with Crippen LogP contribution in [0.2, 0.25) is 0 Å². The van der Waals surface area contributed by atoms with E-state index in [2.05, 4.69) is 34.8 Å². The van der Waals surface area contributed by atoms with Crippen LogP contribution in [0.5, 0.6) is 0 Å². The number of aliphatic hydroxyl groups is 1. The quantitative estimate of drug-likeness (QED) is 0.709. The summed E-state index contributed by atoms with van der Waals surface area (Å²) in [6, 6.07) is 14.2. The molecule has 1 aromatic heterocycles. The maximum atomic E-state index is 10.5. The molecule has 2 heterocycles.